The first-order valence-corrected chi connectivity index (χ1v) is 11.0. The zero-order valence-electron chi connectivity index (χ0n) is 16.5. The molecule has 1 aromatic carbocycles. The minimum atomic E-state index is -1.71. The molecule has 31 heavy (non-hydrogen) atoms. The van der Waals surface area contributed by atoms with Gasteiger partial charge in [0.05, 0.1) is 34.0 Å². The van der Waals surface area contributed by atoms with Crippen molar-refractivity contribution in [3.05, 3.63) is 62.7 Å². The van der Waals surface area contributed by atoms with Crippen LogP contribution in [0.2, 0.25) is 0 Å². The predicted molar refractivity (Wildman–Crippen MR) is 121 cm³/mol. The van der Waals surface area contributed by atoms with Crippen LogP contribution in [-0.4, -0.2) is 40.8 Å². The number of aromatic nitrogens is 1. The molecule has 1 unspecified atom stereocenters. The van der Waals surface area contributed by atoms with Gasteiger partial charge in [-0.3, -0.25) is 24.3 Å². The standard InChI is InChI=1S/C20H17FN4O4S2/c1-11-7-17(26)29-18-12(11)5-4-6-13(18)19(27)25-20-24-16(9-30-20)31(28)10-15(23-3)14(21)8-22-2/h4-9H,3,10H2,1-2H3,(H,24,25,27)/b15-14+,22-8?. The van der Waals surface area contributed by atoms with Gasteiger partial charge in [0.2, 0.25) is 0 Å². The van der Waals surface area contributed by atoms with Crippen molar-refractivity contribution in [1.29, 1.82) is 0 Å². The summed E-state index contributed by atoms with van der Waals surface area (Å²) < 4.78 is 31.6. The number of rotatable bonds is 7. The quantitative estimate of drug-likeness (QED) is 0.428. The summed E-state index contributed by atoms with van der Waals surface area (Å²) in [5, 5.41) is 5.08. The lowest BCUT2D eigenvalue weighted by atomic mass is 10.1. The number of thiazole rings is 1. The molecule has 2 aromatic heterocycles. The van der Waals surface area contributed by atoms with Gasteiger partial charge in [0, 0.05) is 23.9 Å². The summed E-state index contributed by atoms with van der Waals surface area (Å²) in [4.78, 5) is 35.7. The Kier molecular flexibility index (Phi) is 6.98. The molecule has 8 nitrogen and oxygen atoms in total. The predicted octanol–water partition coefficient (Wildman–Crippen LogP) is 3.50. The number of nitrogens with zero attached hydrogens (tertiary/aromatic N) is 3. The summed E-state index contributed by atoms with van der Waals surface area (Å²) in [6.07, 6.45) is 0.957. The van der Waals surface area contributed by atoms with Crippen LogP contribution in [0.5, 0.6) is 0 Å². The zero-order chi connectivity index (χ0) is 22.5. The van der Waals surface area contributed by atoms with Crippen LogP contribution in [0.15, 0.2) is 65.4 Å². The van der Waals surface area contributed by atoms with Crippen LogP contribution in [0.1, 0.15) is 15.9 Å². The molecule has 0 aliphatic heterocycles. The van der Waals surface area contributed by atoms with Crippen molar-refractivity contribution in [3.63, 3.8) is 0 Å². The molecule has 0 aliphatic carbocycles. The highest BCUT2D eigenvalue weighted by Gasteiger charge is 2.18. The Labute approximate surface area is 182 Å². The molecule has 1 amide bonds. The van der Waals surface area contributed by atoms with E-state index in [2.05, 4.69) is 27.0 Å². The number of amides is 1. The fraction of sp³-hybridized carbons (Fsp3) is 0.150. The summed E-state index contributed by atoms with van der Waals surface area (Å²) >= 11 is 1.06. The fourth-order valence-electron chi connectivity index (χ4n) is 2.68. The van der Waals surface area contributed by atoms with E-state index in [9.17, 15) is 18.2 Å². The molecule has 11 heteroatoms. The van der Waals surface area contributed by atoms with Crippen LogP contribution < -0.4 is 10.9 Å². The normalized spacial score (nSPS) is 13.3. The minimum absolute atomic E-state index is 0.108. The third-order valence-corrected chi connectivity index (χ3v) is 6.25. The lowest BCUT2D eigenvalue weighted by molar-refractivity contribution is 0.102. The van der Waals surface area contributed by atoms with Gasteiger partial charge in [-0.2, -0.15) is 0 Å². The van der Waals surface area contributed by atoms with Gasteiger partial charge in [-0.1, -0.05) is 12.1 Å². The molecule has 0 saturated carbocycles. The van der Waals surface area contributed by atoms with Crippen LogP contribution >= 0.6 is 11.3 Å². The van der Waals surface area contributed by atoms with Crippen LogP contribution in [0.4, 0.5) is 9.52 Å². The van der Waals surface area contributed by atoms with Crippen molar-refractivity contribution in [3.8, 4) is 0 Å². The lowest BCUT2D eigenvalue weighted by Crippen LogP contribution is -2.13. The number of carbonyl (C=O) groups is 1. The molecule has 160 valence electrons. The Morgan fingerprint density at radius 1 is 1.45 bits per heavy atom. The fourth-order valence-corrected chi connectivity index (χ4v) is 4.70. The Morgan fingerprint density at radius 3 is 2.94 bits per heavy atom. The van der Waals surface area contributed by atoms with Crippen LogP contribution in [0.25, 0.3) is 11.0 Å². The van der Waals surface area contributed by atoms with E-state index in [1.54, 1.807) is 19.1 Å². The number of nitrogens with one attached hydrogen (secondary N) is 1. The minimum Gasteiger partial charge on any atom is -0.422 e. The van der Waals surface area contributed by atoms with Crippen molar-refractivity contribution in [2.45, 2.75) is 11.9 Å². The highest BCUT2D eigenvalue weighted by atomic mass is 32.2. The van der Waals surface area contributed by atoms with Gasteiger partial charge in [0.25, 0.3) is 5.91 Å². The number of hydrogen-bond acceptors (Lipinski definition) is 8. The van der Waals surface area contributed by atoms with Gasteiger partial charge in [-0.05, 0) is 25.3 Å². The first-order chi connectivity index (χ1) is 14.8. The molecule has 0 bridgehead atoms. The summed E-state index contributed by atoms with van der Waals surface area (Å²) in [5.41, 5.74) is 0.359. The first-order valence-electron chi connectivity index (χ1n) is 8.80. The van der Waals surface area contributed by atoms with E-state index in [1.807, 2.05) is 0 Å². The number of carbonyl (C=O) groups excluding carboxylic acids is 1. The Balaban J connectivity index is 1.82. The van der Waals surface area contributed by atoms with E-state index in [-0.39, 0.29) is 32.8 Å². The number of aryl methyl sites for hydroxylation is 1. The molecule has 3 rings (SSSR count). The van der Waals surface area contributed by atoms with E-state index in [1.165, 1.54) is 24.6 Å². The maximum Gasteiger partial charge on any atom is 0.336 e. The number of fused-ring (bicyclic) bond motifs is 1. The summed E-state index contributed by atoms with van der Waals surface area (Å²) in [5.74, 6) is -1.52. The second kappa shape index (κ2) is 9.67. The SMILES string of the molecule is C=N/C(CS(=O)c1csc(NC(=O)c2cccc3c(C)cc(=O)oc23)n1)=C(/F)C=NC. The van der Waals surface area contributed by atoms with Gasteiger partial charge in [0.15, 0.2) is 16.5 Å². The van der Waals surface area contributed by atoms with Gasteiger partial charge < -0.3 is 4.42 Å². The molecule has 0 radical (unpaired) electrons. The molecule has 1 N–H and O–H groups in total. The molecule has 3 aromatic rings. The van der Waals surface area contributed by atoms with E-state index in [0.29, 0.717) is 10.9 Å². The monoisotopic (exact) mass is 460 g/mol. The van der Waals surface area contributed by atoms with E-state index < -0.39 is 28.2 Å². The van der Waals surface area contributed by atoms with Gasteiger partial charge in [-0.25, -0.2) is 14.2 Å². The average molecular weight is 461 g/mol. The number of allylic oxidation sites excluding steroid dienone is 1. The Hall–Kier alpha value is -3.31. The van der Waals surface area contributed by atoms with Crippen molar-refractivity contribution in [1.82, 2.24) is 4.98 Å². The third-order valence-electron chi connectivity index (χ3n) is 4.14. The average Bonchev–Trinajstić information content (AvgIpc) is 3.20. The Morgan fingerprint density at radius 2 is 2.23 bits per heavy atom. The van der Waals surface area contributed by atoms with Gasteiger partial charge >= 0.3 is 5.63 Å². The number of hydrogen-bond donors (Lipinski definition) is 1. The smallest absolute Gasteiger partial charge is 0.336 e. The van der Waals surface area contributed by atoms with Crippen molar-refractivity contribution >= 4 is 57.1 Å². The van der Waals surface area contributed by atoms with Gasteiger partial charge in [-0.15, -0.1) is 11.3 Å². The lowest BCUT2D eigenvalue weighted by Gasteiger charge is -2.06. The van der Waals surface area contributed by atoms with Gasteiger partial charge in [0.1, 0.15) is 5.03 Å². The van der Waals surface area contributed by atoms with Crippen molar-refractivity contribution in [2.75, 3.05) is 18.1 Å². The topological polar surface area (TPSA) is 114 Å². The molecular weight excluding hydrogens is 443 g/mol. The molecule has 0 saturated heterocycles. The van der Waals surface area contributed by atoms with E-state index in [4.69, 9.17) is 4.42 Å². The number of aliphatic imine (C=N–C) groups is 2. The highest BCUT2D eigenvalue weighted by molar-refractivity contribution is 7.85. The second-order valence-electron chi connectivity index (χ2n) is 6.21. The molecule has 0 fully saturated rings. The highest BCUT2D eigenvalue weighted by Crippen LogP contribution is 2.24. The summed E-state index contributed by atoms with van der Waals surface area (Å²) in [7, 11) is -0.312. The maximum absolute atomic E-state index is 13.8. The Bertz CT molecular complexity index is 1310. The summed E-state index contributed by atoms with van der Waals surface area (Å²) in [6, 6.07) is 6.30. The van der Waals surface area contributed by atoms with Crippen LogP contribution in [0.3, 0.4) is 0 Å². The second-order valence-corrected chi connectivity index (χ2v) is 8.46. The number of para-hydroxylation sites is 1. The summed E-state index contributed by atoms with van der Waals surface area (Å²) in [6.45, 7) is 5.03. The van der Waals surface area contributed by atoms with E-state index >= 15 is 0 Å². The first kappa shape index (κ1) is 22.4. The molecular formula is C20H17FN4O4S2. The molecule has 1 atom stereocenters. The number of benzene rings is 1. The third kappa shape index (κ3) is 5.06. The largest absolute Gasteiger partial charge is 0.422 e. The maximum atomic E-state index is 13.8. The van der Waals surface area contributed by atoms with Crippen molar-refractivity contribution in [2.24, 2.45) is 9.98 Å². The zero-order valence-corrected chi connectivity index (χ0v) is 18.2. The number of anilines is 1. The van der Waals surface area contributed by atoms with E-state index in [0.717, 1.165) is 17.6 Å². The molecule has 0 aliphatic rings. The number of halogens is 1. The van der Waals surface area contributed by atoms with Crippen LogP contribution in [0, 0.1) is 6.92 Å². The molecule has 2 heterocycles. The van der Waals surface area contributed by atoms with Crippen molar-refractivity contribution < 1.29 is 17.8 Å². The van der Waals surface area contributed by atoms with Crippen LogP contribution in [-0.2, 0) is 10.8 Å². The molecule has 0 spiro atoms.